The van der Waals surface area contributed by atoms with Gasteiger partial charge in [-0.15, -0.1) is 0 Å². The second-order valence-corrected chi connectivity index (χ2v) is 14.8. The van der Waals surface area contributed by atoms with Gasteiger partial charge in [0, 0.05) is 12.8 Å². The van der Waals surface area contributed by atoms with E-state index in [0.717, 1.165) is 44.9 Å². The summed E-state index contributed by atoms with van der Waals surface area (Å²) in [7, 11) is 0. The first kappa shape index (κ1) is 51.3. The fourth-order valence-electron chi connectivity index (χ4n) is 6.27. The lowest BCUT2D eigenvalue weighted by atomic mass is 10.0. The highest BCUT2D eigenvalue weighted by Gasteiger charge is 2.23. The maximum atomic E-state index is 13.1. The van der Waals surface area contributed by atoms with E-state index in [1.807, 2.05) is 54.7 Å². The number of carbonyl (C=O) groups excluding carboxylic acids is 2. The molecule has 0 saturated heterocycles. The number of aliphatic hydroxyl groups excluding tert-OH is 2. The number of aliphatic hydroxyl groups is 2. The zero-order chi connectivity index (χ0) is 39.6. The predicted molar refractivity (Wildman–Crippen MR) is 231 cm³/mol. The van der Waals surface area contributed by atoms with Crippen LogP contribution < -0.4 is 5.32 Å². The predicted octanol–water partition coefficient (Wildman–Crippen LogP) is 12.7. The van der Waals surface area contributed by atoms with Gasteiger partial charge in [-0.2, -0.15) is 0 Å². The number of carbonyl (C=O) groups is 2. The van der Waals surface area contributed by atoms with Crippen molar-refractivity contribution in [2.24, 2.45) is 0 Å². The molecular formula is C48H83NO5. The lowest BCUT2D eigenvalue weighted by molar-refractivity contribution is -0.150. The van der Waals surface area contributed by atoms with Gasteiger partial charge in [0.05, 0.1) is 25.2 Å². The molecule has 0 aromatic carbocycles. The van der Waals surface area contributed by atoms with Gasteiger partial charge in [0.2, 0.25) is 5.91 Å². The average molecular weight is 754 g/mol. The number of hydrogen-bond donors (Lipinski definition) is 3. The van der Waals surface area contributed by atoms with E-state index in [1.54, 1.807) is 0 Å². The van der Waals surface area contributed by atoms with Crippen LogP contribution in [0.2, 0.25) is 0 Å². The lowest BCUT2D eigenvalue weighted by Crippen LogP contribution is -2.46. The molecule has 0 heterocycles. The molecule has 0 aliphatic rings. The second kappa shape index (κ2) is 41.5. The van der Waals surface area contributed by atoms with Gasteiger partial charge < -0.3 is 20.3 Å². The van der Waals surface area contributed by atoms with Crippen molar-refractivity contribution >= 4 is 11.9 Å². The number of unbranched alkanes of at least 4 members (excludes halogenated alkanes) is 19. The Morgan fingerprint density at radius 2 is 1.04 bits per heavy atom. The average Bonchev–Trinajstić information content (AvgIpc) is 3.16. The molecule has 310 valence electrons. The number of rotatable bonds is 38. The number of ether oxygens (including phenoxy) is 1. The molecule has 6 heteroatoms. The topological polar surface area (TPSA) is 95.9 Å². The standard InChI is InChI=1S/C48H83NO5/c1-4-7-10-13-16-19-21-22-23-24-26-29-32-35-38-41-48(53)54-44(39-36-33-30-28-25-20-17-14-11-8-5-2)42-47(52)49-45(43-50)46(51)40-37-34-31-27-18-15-12-9-6-3/h8,11,14,17,19-21,25,28,30,33,36,44-46,50-51H,4-7,9-10,12-13,15-16,18,22-24,26-27,29,31-32,34-35,37-43H2,1-3H3,(H,49,52)/b11-8+,17-14+,21-19-,25-20-,30-28-,36-33+. The number of hydrogen-bond acceptors (Lipinski definition) is 5. The van der Waals surface area contributed by atoms with Gasteiger partial charge in [0.15, 0.2) is 0 Å². The van der Waals surface area contributed by atoms with Gasteiger partial charge >= 0.3 is 5.97 Å². The number of allylic oxidation sites excluding steroid dienone is 11. The maximum Gasteiger partial charge on any atom is 0.306 e. The number of amides is 1. The van der Waals surface area contributed by atoms with Gasteiger partial charge in [-0.25, -0.2) is 0 Å². The van der Waals surface area contributed by atoms with Crippen LogP contribution >= 0.6 is 0 Å². The second-order valence-electron chi connectivity index (χ2n) is 14.8. The fourth-order valence-corrected chi connectivity index (χ4v) is 6.27. The van der Waals surface area contributed by atoms with Crippen LogP contribution in [0.4, 0.5) is 0 Å². The Bertz CT molecular complexity index is 1030. The normalized spacial score (nSPS) is 14.1. The van der Waals surface area contributed by atoms with E-state index in [9.17, 15) is 19.8 Å². The van der Waals surface area contributed by atoms with Crippen molar-refractivity contribution in [2.45, 2.75) is 212 Å². The first-order valence-electron chi connectivity index (χ1n) is 22.2. The Kier molecular flexibility index (Phi) is 39.4. The van der Waals surface area contributed by atoms with Crippen LogP contribution in [-0.4, -0.2) is 46.9 Å². The van der Waals surface area contributed by atoms with E-state index in [2.05, 4.69) is 44.3 Å². The summed E-state index contributed by atoms with van der Waals surface area (Å²) in [6.07, 6.45) is 51.3. The maximum absolute atomic E-state index is 13.1. The van der Waals surface area contributed by atoms with Crippen molar-refractivity contribution in [3.63, 3.8) is 0 Å². The monoisotopic (exact) mass is 754 g/mol. The minimum absolute atomic E-state index is 0.0228. The molecule has 0 bridgehead atoms. The van der Waals surface area contributed by atoms with Crippen molar-refractivity contribution in [2.75, 3.05) is 6.61 Å². The molecule has 3 unspecified atom stereocenters. The number of esters is 1. The van der Waals surface area contributed by atoms with Gasteiger partial charge in [-0.1, -0.05) is 203 Å². The highest BCUT2D eigenvalue weighted by atomic mass is 16.5. The van der Waals surface area contributed by atoms with E-state index in [-0.39, 0.29) is 24.9 Å². The van der Waals surface area contributed by atoms with Crippen LogP contribution in [0.5, 0.6) is 0 Å². The zero-order valence-electron chi connectivity index (χ0n) is 35.1. The molecule has 0 aliphatic carbocycles. The Balaban J connectivity index is 4.73. The van der Waals surface area contributed by atoms with Crippen LogP contribution in [0.15, 0.2) is 72.9 Å². The summed E-state index contributed by atoms with van der Waals surface area (Å²) in [6, 6.07) is -0.739. The van der Waals surface area contributed by atoms with Gasteiger partial charge in [-0.3, -0.25) is 9.59 Å². The third-order valence-corrected chi connectivity index (χ3v) is 9.65. The summed E-state index contributed by atoms with van der Waals surface area (Å²) >= 11 is 0. The molecule has 0 aromatic rings. The van der Waals surface area contributed by atoms with Crippen molar-refractivity contribution in [3.8, 4) is 0 Å². The molecule has 1 amide bonds. The minimum atomic E-state index is -0.818. The molecule has 0 aliphatic heterocycles. The fraction of sp³-hybridized carbons (Fsp3) is 0.708. The van der Waals surface area contributed by atoms with E-state index < -0.39 is 18.2 Å². The molecule has 0 fully saturated rings. The van der Waals surface area contributed by atoms with Crippen molar-refractivity contribution in [3.05, 3.63) is 72.9 Å². The lowest BCUT2D eigenvalue weighted by Gasteiger charge is -2.24. The molecule has 3 N–H and O–H groups in total. The smallest absolute Gasteiger partial charge is 0.306 e. The molecule has 0 radical (unpaired) electrons. The van der Waals surface area contributed by atoms with Crippen molar-refractivity contribution in [1.82, 2.24) is 5.32 Å². The third-order valence-electron chi connectivity index (χ3n) is 9.65. The highest BCUT2D eigenvalue weighted by molar-refractivity contribution is 5.77. The molecule has 3 atom stereocenters. The summed E-state index contributed by atoms with van der Waals surface area (Å²) in [5, 5.41) is 23.5. The molecule has 54 heavy (non-hydrogen) atoms. The van der Waals surface area contributed by atoms with Crippen molar-refractivity contribution in [1.29, 1.82) is 0 Å². The van der Waals surface area contributed by atoms with E-state index in [0.29, 0.717) is 19.3 Å². The minimum Gasteiger partial charge on any atom is -0.461 e. The van der Waals surface area contributed by atoms with E-state index in [1.165, 1.54) is 103 Å². The van der Waals surface area contributed by atoms with E-state index >= 15 is 0 Å². The summed E-state index contributed by atoms with van der Waals surface area (Å²) in [4.78, 5) is 25.9. The molecule has 0 spiro atoms. The Labute approximate surface area is 332 Å². The Hall–Kier alpha value is -2.70. The molecule has 6 nitrogen and oxygen atoms in total. The molecular weight excluding hydrogens is 671 g/mol. The Morgan fingerprint density at radius 1 is 0.574 bits per heavy atom. The third kappa shape index (κ3) is 36.3. The molecule has 0 rings (SSSR count). The Morgan fingerprint density at radius 3 is 1.57 bits per heavy atom. The van der Waals surface area contributed by atoms with Crippen LogP contribution in [0.25, 0.3) is 0 Å². The SMILES string of the molecule is CC/C=C/C=C/C=C\C=C/C=C/CC(CC(=O)NC(CO)C(O)CCCCCCCCCCC)OC(=O)CCCCCCCCC/C=C\CCCCCC. The van der Waals surface area contributed by atoms with Crippen LogP contribution in [0, 0.1) is 0 Å². The highest BCUT2D eigenvalue weighted by Crippen LogP contribution is 2.15. The largest absolute Gasteiger partial charge is 0.461 e. The summed E-state index contributed by atoms with van der Waals surface area (Å²) in [5.41, 5.74) is 0. The summed E-state index contributed by atoms with van der Waals surface area (Å²) < 4.78 is 5.80. The van der Waals surface area contributed by atoms with Crippen LogP contribution in [-0.2, 0) is 14.3 Å². The van der Waals surface area contributed by atoms with Gasteiger partial charge in [0.1, 0.15) is 6.10 Å². The summed E-state index contributed by atoms with van der Waals surface area (Å²) in [6.45, 7) is 6.24. The van der Waals surface area contributed by atoms with E-state index in [4.69, 9.17) is 4.74 Å². The van der Waals surface area contributed by atoms with Gasteiger partial charge in [0.25, 0.3) is 0 Å². The quantitative estimate of drug-likeness (QED) is 0.0252. The zero-order valence-corrected chi connectivity index (χ0v) is 35.1. The first-order valence-corrected chi connectivity index (χ1v) is 22.2. The van der Waals surface area contributed by atoms with Crippen molar-refractivity contribution < 1.29 is 24.5 Å². The number of nitrogens with one attached hydrogen (secondary N) is 1. The van der Waals surface area contributed by atoms with Crippen LogP contribution in [0.3, 0.4) is 0 Å². The summed E-state index contributed by atoms with van der Waals surface area (Å²) in [5.74, 6) is -0.620. The first-order chi connectivity index (χ1) is 26.5. The van der Waals surface area contributed by atoms with Gasteiger partial charge in [-0.05, 0) is 44.9 Å². The van der Waals surface area contributed by atoms with Crippen LogP contribution in [0.1, 0.15) is 194 Å². The molecule has 0 aromatic heterocycles. The molecule has 0 saturated carbocycles.